The van der Waals surface area contributed by atoms with Crippen molar-refractivity contribution >= 4 is 27.7 Å². The first kappa shape index (κ1) is 23.9. The van der Waals surface area contributed by atoms with Gasteiger partial charge in [-0.15, -0.1) is 11.6 Å². The summed E-state index contributed by atoms with van der Waals surface area (Å²) in [7, 11) is -3.83. The van der Waals surface area contributed by atoms with Gasteiger partial charge in [0, 0.05) is 11.3 Å². The highest BCUT2D eigenvalue weighted by Gasteiger charge is 2.46. The summed E-state index contributed by atoms with van der Waals surface area (Å²) in [5.74, 6) is -1.41. The molecule has 1 unspecified atom stereocenters. The van der Waals surface area contributed by atoms with Gasteiger partial charge in [-0.05, 0) is 17.9 Å². The van der Waals surface area contributed by atoms with Crippen molar-refractivity contribution in [2.45, 2.75) is 52.9 Å². The third kappa shape index (κ3) is 7.41. The minimum atomic E-state index is -3.83. The Labute approximate surface area is 166 Å². The summed E-state index contributed by atoms with van der Waals surface area (Å²) in [5.41, 5.74) is -0.265. The number of ether oxygens (including phenoxy) is 1. The van der Waals surface area contributed by atoms with Crippen LogP contribution in [0.3, 0.4) is 0 Å². The van der Waals surface area contributed by atoms with E-state index in [1.54, 1.807) is 27.7 Å². The molecular weight excluding hydrogens is 392 g/mol. The van der Waals surface area contributed by atoms with E-state index < -0.39 is 33.7 Å². The second-order valence-electron chi connectivity index (χ2n) is 7.40. The number of rotatable bonds is 12. The van der Waals surface area contributed by atoms with Crippen LogP contribution in [0, 0.1) is 11.3 Å². The van der Waals surface area contributed by atoms with Crippen molar-refractivity contribution in [1.82, 2.24) is 0 Å². The van der Waals surface area contributed by atoms with Gasteiger partial charge < -0.3 is 9.84 Å². The van der Waals surface area contributed by atoms with E-state index in [2.05, 4.69) is 0 Å². The first-order valence-corrected chi connectivity index (χ1v) is 11.0. The number of hydrogen-bond acceptors (Lipinski definition) is 5. The normalized spacial score (nSPS) is 14.9. The van der Waals surface area contributed by atoms with Crippen molar-refractivity contribution in [1.29, 1.82) is 0 Å². The molecule has 154 valence electrons. The number of hydrogen-bond donors (Lipinski definition) is 1. The highest BCUT2D eigenvalue weighted by Crippen LogP contribution is 2.36. The SMILES string of the molecule is CC(C)C(OS(=O)(=O)CCCCl)C(C)(C)[C@@H](OCc1ccccc1)C(=O)O. The van der Waals surface area contributed by atoms with Gasteiger partial charge in [-0.25, -0.2) is 4.79 Å². The zero-order valence-electron chi connectivity index (χ0n) is 16.2. The molecule has 1 aromatic rings. The van der Waals surface area contributed by atoms with Crippen molar-refractivity contribution in [2.24, 2.45) is 11.3 Å². The van der Waals surface area contributed by atoms with E-state index >= 15 is 0 Å². The van der Waals surface area contributed by atoms with Gasteiger partial charge in [0.1, 0.15) is 0 Å². The van der Waals surface area contributed by atoms with Gasteiger partial charge in [0.05, 0.1) is 18.5 Å². The Bertz CT molecular complexity index is 687. The van der Waals surface area contributed by atoms with E-state index in [4.69, 9.17) is 20.5 Å². The number of carboxylic acid groups (broad SMARTS) is 1. The molecule has 0 spiro atoms. The molecular formula is C19H29ClO6S. The summed E-state index contributed by atoms with van der Waals surface area (Å²) in [6, 6.07) is 9.19. The van der Waals surface area contributed by atoms with E-state index in [1.807, 2.05) is 30.3 Å². The van der Waals surface area contributed by atoms with E-state index in [1.165, 1.54) is 0 Å². The summed E-state index contributed by atoms with van der Waals surface area (Å²) < 4.78 is 35.6. The Morgan fingerprint density at radius 2 is 1.81 bits per heavy atom. The standard InChI is InChI=1S/C19H29ClO6S/c1-14(2)16(26-27(23,24)12-8-11-20)19(3,4)17(18(21)22)25-13-15-9-6-5-7-10-15/h5-7,9-10,14,16-17H,8,11-13H2,1-4H3,(H,21,22)/t16?,17-/m0/s1. The Kier molecular flexibility index (Phi) is 9.21. The van der Waals surface area contributed by atoms with Crippen LogP contribution in [0.5, 0.6) is 0 Å². The highest BCUT2D eigenvalue weighted by atomic mass is 35.5. The molecule has 0 aromatic heterocycles. The summed E-state index contributed by atoms with van der Waals surface area (Å²) in [5, 5.41) is 9.71. The van der Waals surface area contributed by atoms with Gasteiger partial charge in [0.2, 0.25) is 0 Å². The molecule has 0 amide bonds. The van der Waals surface area contributed by atoms with Gasteiger partial charge in [-0.3, -0.25) is 4.18 Å². The van der Waals surface area contributed by atoms with Crippen molar-refractivity contribution < 1.29 is 27.2 Å². The molecule has 1 aromatic carbocycles. The van der Waals surface area contributed by atoms with E-state index in [9.17, 15) is 18.3 Å². The Morgan fingerprint density at radius 1 is 1.22 bits per heavy atom. The molecule has 0 radical (unpaired) electrons. The molecule has 0 aliphatic rings. The van der Waals surface area contributed by atoms with Crippen LogP contribution in [0.15, 0.2) is 30.3 Å². The summed E-state index contributed by atoms with van der Waals surface area (Å²) in [4.78, 5) is 11.9. The Balaban J connectivity index is 3.03. The fourth-order valence-electron chi connectivity index (χ4n) is 3.04. The average molecular weight is 421 g/mol. The first-order chi connectivity index (χ1) is 12.5. The van der Waals surface area contributed by atoms with Crippen molar-refractivity contribution in [2.75, 3.05) is 11.6 Å². The molecule has 0 fully saturated rings. The molecule has 0 heterocycles. The second-order valence-corrected chi connectivity index (χ2v) is 9.50. The molecule has 8 heteroatoms. The number of benzene rings is 1. The van der Waals surface area contributed by atoms with Crippen molar-refractivity contribution in [3.8, 4) is 0 Å². The fourth-order valence-corrected chi connectivity index (χ4v) is 4.71. The lowest BCUT2D eigenvalue weighted by atomic mass is 9.76. The largest absolute Gasteiger partial charge is 0.479 e. The maximum atomic E-state index is 12.3. The lowest BCUT2D eigenvalue weighted by molar-refractivity contribution is -0.168. The maximum Gasteiger partial charge on any atom is 0.333 e. The Hall–Kier alpha value is -1.15. The van der Waals surface area contributed by atoms with Crippen LogP contribution in [-0.2, 0) is 30.4 Å². The predicted molar refractivity (Wildman–Crippen MR) is 105 cm³/mol. The van der Waals surface area contributed by atoms with Crippen LogP contribution in [0.2, 0.25) is 0 Å². The van der Waals surface area contributed by atoms with Crippen LogP contribution >= 0.6 is 11.6 Å². The quantitative estimate of drug-likeness (QED) is 0.409. The number of carboxylic acids is 1. The van der Waals surface area contributed by atoms with E-state index in [-0.39, 0.29) is 30.6 Å². The van der Waals surface area contributed by atoms with E-state index in [0.717, 1.165) is 5.56 Å². The molecule has 0 aliphatic heterocycles. The molecule has 27 heavy (non-hydrogen) atoms. The number of alkyl halides is 1. The summed E-state index contributed by atoms with van der Waals surface area (Å²) in [6.45, 7) is 6.99. The van der Waals surface area contributed by atoms with Gasteiger partial charge in [-0.2, -0.15) is 8.42 Å². The molecule has 0 bridgehead atoms. The monoisotopic (exact) mass is 420 g/mol. The van der Waals surface area contributed by atoms with Gasteiger partial charge in [0.25, 0.3) is 10.1 Å². The fraction of sp³-hybridized carbons (Fsp3) is 0.632. The van der Waals surface area contributed by atoms with Gasteiger partial charge in [0.15, 0.2) is 6.10 Å². The topological polar surface area (TPSA) is 89.9 Å². The molecule has 1 rings (SSSR count). The van der Waals surface area contributed by atoms with Crippen LogP contribution in [-0.4, -0.2) is 43.3 Å². The molecule has 0 saturated heterocycles. The van der Waals surface area contributed by atoms with Gasteiger partial charge in [-0.1, -0.05) is 58.0 Å². The van der Waals surface area contributed by atoms with Crippen molar-refractivity contribution in [3.63, 3.8) is 0 Å². The lowest BCUT2D eigenvalue weighted by Gasteiger charge is -2.39. The molecule has 0 aliphatic carbocycles. The molecule has 0 saturated carbocycles. The maximum absolute atomic E-state index is 12.3. The zero-order valence-corrected chi connectivity index (χ0v) is 17.8. The third-order valence-electron chi connectivity index (χ3n) is 4.28. The Morgan fingerprint density at radius 3 is 2.30 bits per heavy atom. The van der Waals surface area contributed by atoms with Crippen LogP contribution in [0.1, 0.15) is 39.7 Å². The molecule has 6 nitrogen and oxygen atoms in total. The minimum absolute atomic E-state index is 0.102. The molecule has 1 N–H and O–H groups in total. The highest BCUT2D eigenvalue weighted by molar-refractivity contribution is 7.86. The van der Waals surface area contributed by atoms with Crippen LogP contribution < -0.4 is 0 Å². The van der Waals surface area contributed by atoms with Crippen LogP contribution in [0.25, 0.3) is 0 Å². The predicted octanol–water partition coefficient (Wildman–Crippen LogP) is 3.68. The molecule has 2 atom stereocenters. The average Bonchev–Trinajstić information content (AvgIpc) is 2.58. The number of halogens is 1. The van der Waals surface area contributed by atoms with Crippen molar-refractivity contribution in [3.05, 3.63) is 35.9 Å². The smallest absolute Gasteiger partial charge is 0.333 e. The van der Waals surface area contributed by atoms with Crippen LogP contribution in [0.4, 0.5) is 0 Å². The minimum Gasteiger partial charge on any atom is -0.479 e. The first-order valence-electron chi connectivity index (χ1n) is 8.86. The summed E-state index contributed by atoms with van der Waals surface area (Å²) >= 11 is 5.57. The number of aliphatic carboxylic acids is 1. The second kappa shape index (κ2) is 10.4. The lowest BCUT2D eigenvalue weighted by Crippen LogP contribution is -2.50. The zero-order chi connectivity index (χ0) is 20.7. The summed E-state index contributed by atoms with van der Waals surface area (Å²) in [6.07, 6.45) is -1.84. The third-order valence-corrected chi connectivity index (χ3v) is 5.83. The van der Waals surface area contributed by atoms with Gasteiger partial charge >= 0.3 is 5.97 Å². The van der Waals surface area contributed by atoms with E-state index in [0.29, 0.717) is 0 Å². The number of carbonyl (C=O) groups is 1.